The predicted molar refractivity (Wildman–Crippen MR) is 75.6 cm³/mol. The van der Waals surface area contributed by atoms with Crippen LogP contribution in [0.5, 0.6) is 0 Å². The molecule has 0 spiro atoms. The van der Waals surface area contributed by atoms with Crippen LogP contribution in [0.1, 0.15) is 23.2 Å². The number of aromatic amines is 1. The Hall–Kier alpha value is -0.800. The largest absolute Gasteiger partial charge is 0.358 e. The lowest BCUT2D eigenvalue weighted by Crippen LogP contribution is -2.31. The molecule has 2 aromatic rings. The second-order valence-electron chi connectivity index (χ2n) is 4.96. The van der Waals surface area contributed by atoms with Gasteiger partial charge in [0.15, 0.2) is 0 Å². The van der Waals surface area contributed by atoms with Crippen molar-refractivity contribution in [1.82, 2.24) is 10.3 Å². The Kier molecular flexibility index (Phi) is 2.75. The number of hydrogen-bond donors (Lipinski definition) is 2. The number of aromatic nitrogens is 1. The summed E-state index contributed by atoms with van der Waals surface area (Å²) >= 11 is 3.60. The van der Waals surface area contributed by atoms with Crippen LogP contribution in [0.4, 0.5) is 0 Å². The smallest absolute Gasteiger partial charge is 0.0489 e. The van der Waals surface area contributed by atoms with Crippen LogP contribution in [0.2, 0.25) is 0 Å². The zero-order chi connectivity index (χ0) is 12.0. The van der Waals surface area contributed by atoms with E-state index in [9.17, 15) is 0 Å². The molecule has 0 amide bonds. The number of nitrogens with one attached hydrogen (secondary N) is 2. The van der Waals surface area contributed by atoms with Gasteiger partial charge < -0.3 is 10.3 Å². The molecular formula is C14H17BrN2. The minimum Gasteiger partial charge on any atom is -0.358 e. The molecule has 0 radical (unpaired) electrons. The first-order valence-electron chi connectivity index (χ1n) is 6.16. The summed E-state index contributed by atoms with van der Waals surface area (Å²) < 4.78 is 1.18. The molecule has 1 heterocycles. The maximum Gasteiger partial charge on any atom is 0.0489 e. The van der Waals surface area contributed by atoms with E-state index in [1.54, 1.807) is 0 Å². The third kappa shape index (κ3) is 1.81. The molecule has 1 aromatic carbocycles. The third-order valence-corrected chi connectivity index (χ3v) is 4.32. The van der Waals surface area contributed by atoms with Gasteiger partial charge in [0, 0.05) is 27.1 Å². The van der Waals surface area contributed by atoms with Crippen molar-refractivity contribution in [2.45, 2.75) is 32.2 Å². The number of rotatable bonds is 1. The van der Waals surface area contributed by atoms with Gasteiger partial charge >= 0.3 is 0 Å². The van der Waals surface area contributed by atoms with E-state index in [-0.39, 0.29) is 0 Å². The van der Waals surface area contributed by atoms with E-state index >= 15 is 0 Å². The number of benzene rings is 1. The molecule has 1 aliphatic rings. The first kappa shape index (κ1) is 11.3. The summed E-state index contributed by atoms with van der Waals surface area (Å²) in [6, 6.07) is 5.05. The van der Waals surface area contributed by atoms with Crippen molar-refractivity contribution in [3.8, 4) is 0 Å². The highest BCUT2D eigenvalue weighted by molar-refractivity contribution is 9.10. The van der Waals surface area contributed by atoms with Gasteiger partial charge in [-0.15, -0.1) is 0 Å². The highest BCUT2D eigenvalue weighted by Crippen LogP contribution is 2.32. The fourth-order valence-corrected chi connectivity index (χ4v) is 3.47. The SMILES string of the molecule is CNC1CCc2[nH]c3c(C)cc(Br)cc3c2C1. The first-order chi connectivity index (χ1) is 8.19. The lowest BCUT2D eigenvalue weighted by Gasteiger charge is -2.21. The van der Waals surface area contributed by atoms with Gasteiger partial charge in [-0.3, -0.25) is 0 Å². The van der Waals surface area contributed by atoms with Gasteiger partial charge in [0.25, 0.3) is 0 Å². The molecule has 17 heavy (non-hydrogen) atoms. The lowest BCUT2D eigenvalue weighted by atomic mass is 9.91. The molecule has 0 bridgehead atoms. The molecule has 1 unspecified atom stereocenters. The normalized spacial score (nSPS) is 19.6. The van der Waals surface area contributed by atoms with E-state index in [1.807, 2.05) is 0 Å². The lowest BCUT2D eigenvalue weighted by molar-refractivity contribution is 0.495. The molecule has 0 aliphatic heterocycles. The van der Waals surface area contributed by atoms with Crippen LogP contribution in [0.3, 0.4) is 0 Å². The summed E-state index contributed by atoms with van der Waals surface area (Å²) in [6.45, 7) is 2.17. The van der Waals surface area contributed by atoms with Crippen LogP contribution in [-0.2, 0) is 12.8 Å². The van der Waals surface area contributed by atoms with Crippen LogP contribution >= 0.6 is 15.9 Å². The van der Waals surface area contributed by atoms with E-state index in [2.05, 4.69) is 52.3 Å². The number of likely N-dealkylation sites (N-methyl/N-ethyl adjacent to an activating group) is 1. The van der Waals surface area contributed by atoms with Gasteiger partial charge in [-0.1, -0.05) is 15.9 Å². The highest BCUT2D eigenvalue weighted by atomic mass is 79.9. The monoisotopic (exact) mass is 292 g/mol. The standard InChI is InChI=1S/C14H17BrN2/c1-8-5-9(15)6-12-11-7-10(16-2)3-4-13(11)17-14(8)12/h5-6,10,16-17H,3-4,7H2,1-2H3. The molecule has 3 rings (SSSR count). The van der Waals surface area contributed by atoms with E-state index in [1.165, 1.54) is 38.6 Å². The minimum atomic E-state index is 0.626. The van der Waals surface area contributed by atoms with Crippen LogP contribution in [-0.4, -0.2) is 18.1 Å². The Bertz CT molecular complexity index is 571. The molecular weight excluding hydrogens is 276 g/mol. The number of H-pyrrole nitrogens is 1. The van der Waals surface area contributed by atoms with Crippen LogP contribution in [0.25, 0.3) is 10.9 Å². The maximum absolute atomic E-state index is 3.61. The Morgan fingerprint density at radius 3 is 3.00 bits per heavy atom. The third-order valence-electron chi connectivity index (χ3n) is 3.87. The second-order valence-corrected chi connectivity index (χ2v) is 5.87. The first-order valence-corrected chi connectivity index (χ1v) is 6.95. The number of aryl methyl sites for hydroxylation is 2. The summed E-state index contributed by atoms with van der Waals surface area (Å²) in [7, 11) is 2.06. The van der Waals surface area contributed by atoms with Crippen LogP contribution in [0, 0.1) is 6.92 Å². The van der Waals surface area contributed by atoms with E-state index in [4.69, 9.17) is 0 Å². The van der Waals surface area contributed by atoms with Crippen molar-refractivity contribution in [3.05, 3.63) is 33.4 Å². The Morgan fingerprint density at radius 1 is 1.41 bits per heavy atom. The van der Waals surface area contributed by atoms with Crippen molar-refractivity contribution in [1.29, 1.82) is 0 Å². The summed E-state index contributed by atoms with van der Waals surface area (Å²) in [6.07, 6.45) is 3.53. The number of halogens is 1. The summed E-state index contributed by atoms with van der Waals surface area (Å²) in [4.78, 5) is 3.61. The van der Waals surface area contributed by atoms with Gasteiger partial charge in [0.05, 0.1) is 0 Å². The molecule has 3 heteroatoms. The average Bonchev–Trinajstić information content (AvgIpc) is 2.67. The van der Waals surface area contributed by atoms with Crippen molar-refractivity contribution >= 4 is 26.8 Å². The van der Waals surface area contributed by atoms with Crippen molar-refractivity contribution in [2.75, 3.05) is 7.05 Å². The molecule has 0 saturated carbocycles. The van der Waals surface area contributed by atoms with Crippen molar-refractivity contribution < 1.29 is 0 Å². The highest BCUT2D eigenvalue weighted by Gasteiger charge is 2.21. The van der Waals surface area contributed by atoms with Gasteiger partial charge in [0.2, 0.25) is 0 Å². The molecule has 90 valence electrons. The molecule has 2 nitrogen and oxygen atoms in total. The van der Waals surface area contributed by atoms with Gasteiger partial charge in [0.1, 0.15) is 0 Å². The zero-order valence-corrected chi connectivity index (χ0v) is 11.8. The molecule has 0 saturated heterocycles. The van der Waals surface area contributed by atoms with Crippen LogP contribution < -0.4 is 5.32 Å². The molecule has 0 fully saturated rings. The quantitative estimate of drug-likeness (QED) is 0.829. The average molecular weight is 293 g/mol. The van der Waals surface area contributed by atoms with Gasteiger partial charge in [-0.2, -0.15) is 0 Å². The van der Waals surface area contributed by atoms with Gasteiger partial charge in [-0.25, -0.2) is 0 Å². The topological polar surface area (TPSA) is 27.8 Å². The Morgan fingerprint density at radius 2 is 2.24 bits per heavy atom. The molecule has 1 aliphatic carbocycles. The summed E-state index contributed by atoms with van der Waals surface area (Å²) in [5.41, 5.74) is 5.59. The predicted octanol–water partition coefficient (Wildman–Crippen LogP) is 3.32. The fraction of sp³-hybridized carbons (Fsp3) is 0.429. The molecule has 2 N–H and O–H groups in total. The van der Waals surface area contributed by atoms with E-state index in [0.29, 0.717) is 6.04 Å². The minimum absolute atomic E-state index is 0.626. The maximum atomic E-state index is 3.61. The molecule has 1 aromatic heterocycles. The molecule has 1 atom stereocenters. The number of hydrogen-bond acceptors (Lipinski definition) is 1. The number of fused-ring (bicyclic) bond motifs is 3. The fourth-order valence-electron chi connectivity index (χ4n) is 2.90. The Labute approximate surface area is 110 Å². The van der Waals surface area contributed by atoms with Crippen molar-refractivity contribution in [2.24, 2.45) is 0 Å². The van der Waals surface area contributed by atoms with E-state index in [0.717, 1.165) is 12.8 Å². The Balaban J connectivity index is 2.20. The van der Waals surface area contributed by atoms with Crippen molar-refractivity contribution in [3.63, 3.8) is 0 Å². The summed E-state index contributed by atoms with van der Waals surface area (Å²) in [5, 5.41) is 4.80. The summed E-state index contributed by atoms with van der Waals surface area (Å²) in [5.74, 6) is 0. The zero-order valence-electron chi connectivity index (χ0n) is 10.2. The van der Waals surface area contributed by atoms with E-state index < -0.39 is 0 Å². The van der Waals surface area contributed by atoms with Gasteiger partial charge in [-0.05, 0) is 56.5 Å². The second kappa shape index (κ2) is 4.14. The van der Waals surface area contributed by atoms with Crippen LogP contribution in [0.15, 0.2) is 16.6 Å².